The van der Waals surface area contributed by atoms with E-state index in [-0.39, 0.29) is 30.5 Å². The van der Waals surface area contributed by atoms with Crippen LogP contribution in [0.15, 0.2) is 97.1 Å². The average molecular weight is 588 g/mol. The fourth-order valence-electron chi connectivity index (χ4n) is 4.75. The van der Waals surface area contributed by atoms with Gasteiger partial charge in [-0.15, -0.1) is 0 Å². The molecule has 4 rings (SSSR count). The lowest BCUT2D eigenvalue weighted by atomic mass is 10.1. The van der Waals surface area contributed by atoms with Crippen molar-refractivity contribution >= 4 is 38.3 Å². The lowest BCUT2D eigenvalue weighted by Gasteiger charge is -2.21. The standard InChI is InChI=1S/C33H37N3O5S/c1-24(17-18-25-11-5-3-6-12-25)34-33(38)30(36-42(39,40)23-26-13-7-4-8-14-26)19-20-32(37)35-28-21-27-15-9-10-16-29(27)31(22-28)41-2/h3-16,21-22,24,30,36H,17-20,23H2,1-2H3,(H,34,38)(H,35,37). The van der Waals surface area contributed by atoms with Crippen molar-refractivity contribution in [2.45, 2.75) is 50.4 Å². The first-order chi connectivity index (χ1) is 20.2. The van der Waals surface area contributed by atoms with Gasteiger partial charge in [0.1, 0.15) is 11.8 Å². The van der Waals surface area contributed by atoms with Crippen molar-refractivity contribution in [3.63, 3.8) is 0 Å². The average Bonchev–Trinajstić information content (AvgIpc) is 2.98. The topological polar surface area (TPSA) is 114 Å². The summed E-state index contributed by atoms with van der Waals surface area (Å²) >= 11 is 0. The van der Waals surface area contributed by atoms with Gasteiger partial charge >= 0.3 is 0 Å². The molecule has 2 amide bonds. The molecule has 4 aromatic carbocycles. The van der Waals surface area contributed by atoms with Gasteiger partial charge in [-0.2, -0.15) is 0 Å². The highest BCUT2D eigenvalue weighted by atomic mass is 32.2. The molecule has 2 unspecified atom stereocenters. The molecule has 0 saturated heterocycles. The van der Waals surface area contributed by atoms with Crippen molar-refractivity contribution in [1.29, 1.82) is 0 Å². The van der Waals surface area contributed by atoms with Gasteiger partial charge in [-0.25, -0.2) is 13.1 Å². The Kier molecular flexibility index (Phi) is 10.7. The summed E-state index contributed by atoms with van der Waals surface area (Å²) in [5.74, 6) is -0.458. The van der Waals surface area contributed by atoms with Gasteiger partial charge in [0.25, 0.3) is 0 Å². The second-order valence-corrected chi connectivity index (χ2v) is 12.1. The van der Waals surface area contributed by atoms with Crippen LogP contribution in [-0.4, -0.2) is 39.4 Å². The number of aryl methyl sites for hydroxylation is 1. The highest BCUT2D eigenvalue weighted by Crippen LogP contribution is 2.29. The number of amides is 2. The first kappa shape index (κ1) is 30.7. The van der Waals surface area contributed by atoms with E-state index >= 15 is 0 Å². The minimum absolute atomic E-state index is 0.0121. The minimum Gasteiger partial charge on any atom is -0.496 e. The highest BCUT2D eigenvalue weighted by molar-refractivity contribution is 7.88. The third-order valence-electron chi connectivity index (χ3n) is 6.92. The van der Waals surface area contributed by atoms with Crippen LogP contribution in [-0.2, 0) is 31.8 Å². The monoisotopic (exact) mass is 587 g/mol. The number of carbonyl (C=O) groups excluding carboxylic acids is 2. The van der Waals surface area contributed by atoms with Gasteiger partial charge in [-0.3, -0.25) is 9.59 Å². The van der Waals surface area contributed by atoms with E-state index in [9.17, 15) is 18.0 Å². The lowest BCUT2D eigenvalue weighted by Crippen LogP contribution is -2.49. The van der Waals surface area contributed by atoms with Crippen LogP contribution in [0.1, 0.15) is 37.3 Å². The maximum atomic E-state index is 13.3. The Labute approximate surface area is 247 Å². The number of rotatable bonds is 14. The largest absolute Gasteiger partial charge is 0.496 e. The molecule has 220 valence electrons. The van der Waals surface area contributed by atoms with Crippen molar-refractivity contribution in [2.24, 2.45) is 0 Å². The van der Waals surface area contributed by atoms with E-state index in [2.05, 4.69) is 15.4 Å². The summed E-state index contributed by atoms with van der Waals surface area (Å²) in [6.45, 7) is 1.89. The number of sulfonamides is 1. The van der Waals surface area contributed by atoms with Crippen molar-refractivity contribution in [3.8, 4) is 5.75 Å². The summed E-state index contributed by atoms with van der Waals surface area (Å²) in [5.41, 5.74) is 2.31. The molecule has 0 aliphatic carbocycles. The van der Waals surface area contributed by atoms with Crippen LogP contribution in [0.5, 0.6) is 5.75 Å². The number of nitrogens with one attached hydrogen (secondary N) is 3. The zero-order chi connectivity index (χ0) is 30.0. The van der Waals surface area contributed by atoms with Gasteiger partial charge in [0, 0.05) is 29.6 Å². The second kappa shape index (κ2) is 14.6. The Balaban J connectivity index is 1.42. The Morgan fingerprint density at radius 1 is 0.833 bits per heavy atom. The molecule has 0 spiro atoms. The molecule has 0 heterocycles. The summed E-state index contributed by atoms with van der Waals surface area (Å²) in [6.07, 6.45) is 1.37. The Morgan fingerprint density at radius 3 is 2.17 bits per heavy atom. The van der Waals surface area contributed by atoms with Crippen LogP contribution in [0.2, 0.25) is 0 Å². The van der Waals surface area contributed by atoms with E-state index < -0.39 is 22.0 Å². The van der Waals surface area contributed by atoms with Crippen molar-refractivity contribution < 1.29 is 22.7 Å². The predicted molar refractivity (Wildman–Crippen MR) is 167 cm³/mol. The molecule has 0 saturated carbocycles. The maximum Gasteiger partial charge on any atom is 0.238 e. The van der Waals surface area contributed by atoms with Crippen LogP contribution in [0, 0.1) is 0 Å². The first-order valence-corrected chi connectivity index (χ1v) is 15.6. The van der Waals surface area contributed by atoms with E-state index in [4.69, 9.17) is 4.74 Å². The van der Waals surface area contributed by atoms with Gasteiger partial charge in [0.2, 0.25) is 21.8 Å². The normalized spacial score (nSPS) is 12.8. The van der Waals surface area contributed by atoms with E-state index in [1.54, 1.807) is 43.5 Å². The summed E-state index contributed by atoms with van der Waals surface area (Å²) in [6, 6.07) is 28.6. The molecule has 2 atom stereocenters. The third-order valence-corrected chi connectivity index (χ3v) is 8.28. The summed E-state index contributed by atoms with van der Waals surface area (Å²) in [4.78, 5) is 26.3. The first-order valence-electron chi connectivity index (χ1n) is 14.0. The molecule has 0 radical (unpaired) electrons. The predicted octanol–water partition coefficient (Wildman–Crippen LogP) is 5.19. The Hall–Kier alpha value is -4.21. The molecular weight excluding hydrogens is 550 g/mol. The number of ether oxygens (including phenoxy) is 1. The van der Waals surface area contributed by atoms with Crippen LogP contribution < -0.4 is 20.1 Å². The molecule has 42 heavy (non-hydrogen) atoms. The zero-order valence-electron chi connectivity index (χ0n) is 23.9. The molecule has 0 bridgehead atoms. The van der Waals surface area contributed by atoms with Crippen molar-refractivity contribution in [2.75, 3.05) is 12.4 Å². The summed E-state index contributed by atoms with van der Waals surface area (Å²) < 4.78 is 34.1. The number of benzene rings is 4. The quantitative estimate of drug-likeness (QED) is 0.188. The number of anilines is 1. The van der Waals surface area contributed by atoms with Gasteiger partial charge in [-0.1, -0.05) is 84.9 Å². The maximum absolute atomic E-state index is 13.3. The Morgan fingerprint density at radius 2 is 1.48 bits per heavy atom. The van der Waals surface area contributed by atoms with E-state index in [1.165, 1.54) is 0 Å². The van der Waals surface area contributed by atoms with Crippen LogP contribution >= 0.6 is 0 Å². The Bertz CT molecular complexity index is 1590. The highest BCUT2D eigenvalue weighted by Gasteiger charge is 2.26. The molecule has 3 N–H and O–H groups in total. The molecule has 9 heteroatoms. The number of methoxy groups -OCH3 is 1. The smallest absolute Gasteiger partial charge is 0.238 e. The van der Waals surface area contributed by atoms with Crippen LogP contribution in [0.4, 0.5) is 5.69 Å². The molecule has 4 aromatic rings. The summed E-state index contributed by atoms with van der Waals surface area (Å²) in [5, 5.41) is 7.61. The van der Waals surface area contributed by atoms with Gasteiger partial charge in [0.15, 0.2) is 0 Å². The number of hydrogen-bond acceptors (Lipinski definition) is 5. The SMILES string of the molecule is COc1cc(NC(=O)CCC(NS(=O)(=O)Cc2ccccc2)C(=O)NC(C)CCc2ccccc2)cc2ccccc12. The van der Waals surface area contributed by atoms with Gasteiger partial charge in [-0.05, 0) is 48.8 Å². The van der Waals surface area contributed by atoms with Crippen LogP contribution in [0.25, 0.3) is 10.8 Å². The second-order valence-electron chi connectivity index (χ2n) is 10.3. The number of hydrogen-bond donors (Lipinski definition) is 3. The fourth-order valence-corrected chi connectivity index (χ4v) is 6.13. The summed E-state index contributed by atoms with van der Waals surface area (Å²) in [7, 11) is -2.30. The molecule has 8 nitrogen and oxygen atoms in total. The molecule has 0 aliphatic rings. The molecule has 0 aromatic heterocycles. The minimum atomic E-state index is -3.87. The fraction of sp³-hybridized carbons (Fsp3) is 0.273. The van der Waals surface area contributed by atoms with Gasteiger partial charge < -0.3 is 15.4 Å². The number of carbonyl (C=O) groups is 2. The van der Waals surface area contributed by atoms with E-state index in [0.717, 1.165) is 22.8 Å². The molecular formula is C33H37N3O5S. The molecule has 0 fully saturated rings. The lowest BCUT2D eigenvalue weighted by molar-refractivity contribution is -0.123. The van der Waals surface area contributed by atoms with E-state index in [1.807, 2.05) is 67.6 Å². The van der Waals surface area contributed by atoms with E-state index in [0.29, 0.717) is 23.4 Å². The molecule has 0 aliphatic heterocycles. The number of fused-ring (bicyclic) bond motifs is 1. The van der Waals surface area contributed by atoms with Crippen molar-refractivity contribution in [1.82, 2.24) is 10.0 Å². The van der Waals surface area contributed by atoms with Gasteiger partial charge in [0.05, 0.1) is 12.9 Å². The van der Waals surface area contributed by atoms with Crippen LogP contribution in [0.3, 0.4) is 0 Å². The third kappa shape index (κ3) is 9.15. The zero-order valence-corrected chi connectivity index (χ0v) is 24.7. The van der Waals surface area contributed by atoms with Crippen molar-refractivity contribution in [3.05, 3.63) is 108 Å².